The Morgan fingerprint density at radius 3 is 2.42 bits per heavy atom. The first-order valence-corrected chi connectivity index (χ1v) is 7.21. The van der Waals surface area contributed by atoms with E-state index in [0.717, 1.165) is 12.1 Å². The molecule has 4 nitrogen and oxygen atoms in total. The van der Waals surface area contributed by atoms with Gasteiger partial charge in [-0.25, -0.2) is 21.9 Å². The van der Waals surface area contributed by atoms with Crippen molar-refractivity contribution in [3.8, 4) is 0 Å². The van der Waals surface area contributed by atoms with Gasteiger partial charge < -0.3 is 5.11 Å². The summed E-state index contributed by atoms with van der Waals surface area (Å²) in [6.07, 6.45) is 0. The molecule has 0 bridgehead atoms. The zero-order chi connectivity index (χ0) is 14.8. The van der Waals surface area contributed by atoms with Gasteiger partial charge in [0.25, 0.3) is 0 Å². The smallest absolute Gasteiger partial charge is 0.243 e. The summed E-state index contributed by atoms with van der Waals surface area (Å²) >= 11 is 0. The lowest BCUT2D eigenvalue weighted by Crippen LogP contribution is -2.44. The molecular weight excluding hydrogens is 276 g/mol. The molecule has 0 amide bonds. The van der Waals surface area contributed by atoms with E-state index in [-0.39, 0.29) is 12.5 Å². The van der Waals surface area contributed by atoms with E-state index in [4.69, 9.17) is 0 Å². The van der Waals surface area contributed by atoms with Gasteiger partial charge in [-0.1, -0.05) is 13.8 Å². The van der Waals surface area contributed by atoms with E-state index in [9.17, 15) is 22.3 Å². The SMILES string of the molecule is CC(C)C(C)(O)CNS(=O)(=O)c1ccc(F)cc1F. The van der Waals surface area contributed by atoms with Crippen LogP contribution in [0.5, 0.6) is 0 Å². The second-order valence-electron chi connectivity index (χ2n) is 4.91. The van der Waals surface area contributed by atoms with Crippen molar-refractivity contribution < 1.29 is 22.3 Å². The fraction of sp³-hybridized carbons (Fsp3) is 0.500. The summed E-state index contributed by atoms with van der Waals surface area (Å²) in [6.45, 7) is 4.67. The maximum atomic E-state index is 13.4. The maximum absolute atomic E-state index is 13.4. The van der Waals surface area contributed by atoms with E-state index in [1.165, 1.54) is 6.92 Å². The van der Waals surface area contributed by atoms with E-state index >= 15 is 0 Å². The molecule has 1 aromatic rings. The molecule has 0 saturated carbocycles. The van der Waals surface area contributed by atoms with Crippen LogP contribution in [0.4, 0.5) is 8.78 Å². The minimum atomic E-state index is -4.13. The average molecular weight is 293 g/mol. The van der Waals surface area contributed by atoms with E-state index in [0.29, 0.717) is 6.07 Å². The van der Waals surface area contributed by atoms with Crippen LogP contribution in [-0.2, 0) is 10.0 Å². The van der Waals surface area contributed by atoms with Gasteiger partial charge in [0.05, 0.1) is 5.60 Å². The standard InChI is InChI=1S/C12H17F2NO3S/c1-8(2)12(3,16)7-15-19(17,18)11-5-4-9(13)6-10(11)14/h4-6,8,15-16H,7H2,1-3H3. The highest BCUT2D eigenvalue weighted by Crippen LogP contribution is 2.18. The molecule has 2 N–H and O–H groups in total. The summed E-state index contributed by atoms with van der Waals surface area (Å²) in [5.41, 5.74) is -1.26. The van der Waals surface area contributed by atoms with Crippen molar-refractivity contribution in [2.45, 2.75) is 31.3 Å². The van der Waals surface area contributed by atoms with Crippen molar-refractivity contribution >= 4 is 10.0 Å². The molecule has 7 heteroatoms. The molecule has 1 unspecified atom stereocenters. The lowest BCUT2D eigenvalue weighted by Gasteiger charge is -2.27. The zero-order valence-corrected chi connectivity index (χ0v) is 11.8. The lowest BCUT2D eigenvalue weighted by atomic mass is 9.93. The molecule has 1 atom stereocenters. The van der Waals surface area contributed by atoms with Gasteiger partial charge in [0.2, 0.25) is 10.0 Å². The molecule has 1 aromatic carbocycles. The molecule has 0 heterocycles. The maximum Gasteiger partial charge on any atom is 0.243 e. The van der Waals surface area contributed by atoms with Gasteiger partial charge >= 0.3 is 0 Å². The Labute approximate surface area is 111 Å². The Balaban J connectivity index is 2.94. The second-order valence-corrected chi connectivity index (χ2v) is 6.65. The number of rotatable bonds is 5. The number of hydrogen-bond acceptors (Lipinski definition) is 3. The van der Waals surface area contributed by atoms with Gasteiger partial charge in [-0.2, -0.15) is 0 Å². The van der Waals surface area contributed by atoms with Crippen LogP contribution in [0.2, 0.25) is 0 Å². The van der Waals surface area contributed by atoms with E-state index < -0.39 is 32.2 Å². The molecule has 0 aliphatic carbocycles. The Morgan fingerprint density at radius 2 is 1.95 bits per heavy atom. The minimum absolute atomic E-state index is 0.187. The predicted molar refractivity (Wildman–Crippen MR) is 67.0 cm³/mol. The van der Waals surface area contributed by atoms with Crippen LogP contribution in [0.1, 0.15) is 20.8 Å². The lowest BCUT2D eigenvalue weighted by molar-refractivity contribution is 0.0190. The molecular formula is C12H17F2NO3S. The topological polar surface area (TPSA) is 66.4 Å². The highest BCUT2D eigenvalue weighted by molar-refractivity contribution is 7.89. The summed E-state index contributed by atoms with van der Waals surface area (Å²) in [7, 11) is -4.13. The molecule has 0 aliphatic heterocycles. The van der Waals surface area contributed by atoms with Gasteiger partial charge in [0.15, 0.2) is 0 Å². The third-order valence-corrected chi connectivity index (χ3v) is 4.48. The zero-order valence-electron chi connectivity index (χ0n) is 10.9. The first-order valence-electron chi connectivity index (χ1n) is 5.73. The first-order chi connectivity index (χ1) is 8.56. The largest absolute Gasteiger partial charge is 0.389 e. The summed E-state index contributed by atoms with van der Waals surface area (Å²) < 4.78 is 51.9. The van der Waals surface area contributed by atoms with E-state index in [1.807, 2.05) is 0 Å². The van der Waals surface area contributed by atoms with E-state index in [1.54, 1.807) is 13.8 Å². The van der Waals surface area contributed by atoms with Crippen LogP contribution < -0.4 is 4.72 Å². The molecule has 0 aromatic heterocycles. The molecule has 19 heavy (non-hydrogen) atoms. The Hall–Kier alpha value is -1.05. The second kappa shape index (κ2) is 5.52. The molecule has 0 spiro atoms. The fourth-order valence-corrected chi connectivity index (χ4v) is 2.42. The monoisotopic (exact) mass is 293 g/mol. The molecule has 0 saturated heterocycles. The number of benzene rings is 1. The summed E-state index contributed by atoms with van der Waals surface area (Å²) in [6, 6.07) is 2.20. The average Bonchev–Trinajstić information content (AvgIpc) is 2.26. The summed E-state index contributed by atoms with van der Waals surface area (Å²) in [5, 5.41) is 9.93. The quantitative estimate of drug-likeness (QED) is 0.867. The molecule has 108 valence electrons. The summed E-state index contributed by atoms with van der Waals surface area (Å²) in [4.78, 5) is -0.645. The number of hydrogen-bond donors (Lipinski definition) is 2. The Bertz CT molecular complexity index is 556. The van der Waals surface area contributed by atoms with Crippen LogP contribution in [0.25, 0.3) is 0 Å². The number of aliphatic hydroxyl groups is 1. The number of sulfonamides is 1. The molecule has 1 rings (SSSR count). The Morgan fingerprint density at radius 1 is 1.37 bits per heavy atom. The van der Waals surface area contributed by atoms with Gasteiger partial charge in [0, 0.05) is 12.6 Å². The van der Waals surface area contributed by atoms with Gasteiger partial charge in [0.1, 0.15) is 16.5 Å². The number of nitrogens with one attached hydrogen (secondary N) is 1. The van der Waals surface area contributed by atoms with E-state index in [2.05, 4.69) is 4.72 Å². The minimum Gasteiger partial charge on any atom is -0.389 e. The third kappa shape index (κ3) is 3.95. The summed E-state index contributed by atoms with van der Waals surface area (Å²) in [5.74, 6) is -2.21. The van der Waals surface area contributed by atoms with Crippen LogP contribution in [0.3, 0.4) is 0 Å². The van der Waals surface area contributed by atoms with Crippen molar-refractivity contribution in [3.05, 3.63) is 29.8 Å². The van der Waals surface area contributed by atoms with Gasteiger partial charge in [-0.3, -0.25) is 0 Å². The van der Waals surface area contributed by atoms with Crippen LogP contribution >= 0.6 is 0 Å². The normalized spacial score (nSPS) is 15.5. The Kier molecular flexibility index (Phi) is 4.65. The fourth-order valence-electron chi connectivity index (χ4n) is 1.22. The third-order valence-electron chi connectivity index (χ3n) is 3.05. The molecule has 0 aliphatic rings. The van der Waals surface area contributed by atoms with Crippen LogP contribution in [-0.4, -0.2) is 25.7 Å². The van der Waals surface area contributed by atoms with Crippen molar-refractivity contribution in [3.63, 3.8) is 0 Å². The van der Waals surface area contributed by atoms with Crippen molar-refractivity contribution in [2.75, 3.05) is 6.54 Å². The van der Waals surface area contributed by atoms with Crippen molar-refractivity contribution in [1.29, 1.82) is 0 Å². The molecule has 0 fully saturated rings. The van der Waals surface area contributed by atoms with Crippen molar-refractivity contribution in [1.82, 2.24) is 4.72 Å². The van der Waals surface area contributed by atoms with Crippen LogP contribution in [0, 0.1) is 17.6 Å². The highest BCUT2D eigenvalue weighted by atomic mass is 32.2. The first kappa shape index (κ1) is 16.0. The van der Waals surface area contributed by atoms with Gasteiger partial charge in [-0.15, -0.1) is 0 Å². The van der Waals surface area contributed by atoms with Crippen LogP contribution in [0.15, 0.2) is 23.1 Å². The number of halogens is 2. The predicted octanol–water partition coefficient (Wildman–Crippen LogP) is 1.65. The van der Waals surface area contributed by atoms with Crippen molar-refractivity contribution in [2.24, 2.45) is 5.92 Å². The van der Waals surface area contributed by atoms with Gasteiger partial charge in [-0.05, 0) is 25.0 Å². The molecule has 0 radical (unpaired) electrons. The highest BCUT2D eigenvalue weighted by Gasteiger charge is 2.28.